The second-order valence-corrected chi connectivity index (χ2v) is 3.91. The first-order chi connectivity index (χ1) is 7.11. The van der Waals surface area contributed by atoms with E-state index >= 15 is 0 Å². The highest BCUT2D eigenvalue weighted by Gasteiger charge is 2.04. The summed E-state index contributed by atoms with van der Waals surface area (Å²) in [5, 5.41) is 9.41. The van der Waals surface area contributed by atoms with Gasteiger partial charge in [-0.15, -0.1) is 0 Å². The molecular weight excluding hydrogens is 235 g/mol. The monoisotopic (exact) mass is 244 g/mol. The minimum absolute atomic E-state index is 0.258. The number of benzene rings is 1. The Kier molecular flexibility index (Phi) is 4.70. The highest BCUT2D eigenvalue weighted by atomic mass is 35.5. The lowest BCUT2D eigenvalue weighted by Crippen LogP contribution is -2.27. The zero-order chi connectivity index (χ0) is 11.3. The van der Waals surface area contributed by atoms with Crippen LogP contribution >= 0.6 is 23.2 Å². The van der Waals surface area contributed by atoms with Gasteiger partial charge in [0.25, 0.3) is 0 Å². The quantitative estimate of drug-likeness (QED) is 0.886. The summed E-state index contributed by atoms with van der Waals surface area (Å²) in [4.78, 5) is 0. The van der Waals surface area contributed by atoms with Crippen molar-refractivity contribution < 1.29 is 4.74 Å². The van der Waals surface area contributed by atoms with Crippen LogP contribution in [0.25, 0.3) is 0 Å². The third-order valence-electron chi connectivity index (χ3n) is 1.65. The van der Waals surface area contributed by atoms with Gasteiger partial charge in [-0.05, 0) is 18.2 Å². The third kappa shape index (κ3) is 4.39. The van der Waals surface area contributed by atoms with Gasteiger partial charge in [0.05, 0.1) is 18.5 Å². The van der Waals surface area contributed by atoms with Crippen LogP contribution in [0.3, 0.4) is 0 Å². The highest BCUT2D eigenvalue weighted by Crippen LogP contribution is 2.24. The van der Waals surface area contributed by atoms with Gasteiger partial charge in [0, 0.05) is 10.0 Å². The number of rotatable bonds is 4. The molecule has 5 heteroatoms. The Morgan fingerprint density at radius 2 is 1.93 bits per heavy atom. The molecule has 0 spiro atoms. The summed E-state index contributed by atoms with van der Waals surface area (Å²) in [5.74, 6) is 0.556. The molecule has 3 nitrogen and oxygen atoms in total. The summed E-state index contributed by atoms with van der Waals surface area (Å²) in [6.07, 6.45) is 0.258. The molecule has 1 unspecified atom stereocenters. The molecule has 0 aliphatic carbocycles. The van der Waals surface area contributed by atoms with Crippen molar-refractivity contribution in [3.05, 3.63) is 28.2 Å². The molecular formula is C10H10Cl2N2O. The SMILES string of the molecule is N#CCC(N)COc1cc(Cl)cc(Cl)c1. The first kappa shape index (κ1) is 12.1. The van der Waals surface area contributed by atoms with Crippen molar-refractivity contribution in [2.24, 2.45) is 5.73 Å². The van der Waals surface area contributed by atoms with E-state index in [9.17, 15) is 0 Å². The van der Waals surface area contributed by atoms with E-state index in [1.807, 2.05) is 6.07 Å². The molecule has 0 radical (unpaired) electrons. The Morgan fingerprint density at radius 1 is 1.33 bits per heavy atom. The minimum atomic E-state index is -0.298. The number of ether oxygens (including phenoxy) is 1. The summed E-state index contributed by atoms with van der Waals surface area (Å²) in [5.41, 5.74) is 5.59. The van der Waals surface area contributed by atoms with Crippen molar-refractivity contribution in [1.29, 1.82) is 5.26 Å². The molecule has 1 aromatic rings. The van der Waals surface area contributed by atoms with Crippen molar-refractivity contribution in [3.8, 4) is 11.8 Å². The van der Waals surface area contributed by atoms with Crippen molar-refractivity contribution in [1.82, 2.24) is 0 Å². The molecule has 0 aliphatic heterocycles. The fourth-order valence-corrected chi connectivity index (χ4v) is 1.50. The standard InChI is InChI=1S/C10H10Cl2N2O/c11-7-3-8(12)5-10(4-7)15-6-9(14)1-2-13/h3-5,9H,1,6,14H2. The average molecular weight is 245 g/mol. The van der Waals surface area contributed by atoms with Gasteiger partial charge < -0.3 is 10.5 Å². The van der Waals surface area contributed by atoms with E-state index in [2.05, 4.69) is 0 Å². The van der Waals surface area contributed by atoms with Gasteiger partial charge in [-0.25, -0.2) is 0 Å². The summed E-state index contributed by atoms with van der Waals surface area (Å²) >= 11 is 11.6. The van der Waals surface area contributed by atoms with E-state index in [1.54, 1.807) is 18.2 Å². The topological polar surface area (TPSA) is 59.0 Å². The normalized spacial score (nSPS) is 11.9. The lowest BCUT2D eigenvalue weighted by Gasteiger charge is -2.10. The van der Waals surface area contributed by atoms with E-state index < -0.39 is 0 Å². The van der Waals surface area contributed by atoms with E-state index in [0.29, 0.717) is 15.8 Å². The molecule has 0 amide bonds. The zero-order valence-electron chi connectivity index (χ0n) is 7.91. The van der Waals surface area contributed by atoms with Crippen molar-refractivity contribution >= 4 is 23.2 Å². The van der Waals surface area contributed by atoms with Crippen LogP contribution in [-0.4, -0.2) is 12.6 Å². The van der Waals surface area contributed by atoms with Crippen LogP contribution in [0.2, 0.25) is 10.0 Å². The maximum atomic E-state index is 8.39. The molecule has 2 N–H and O–H groups in total. The molecule has 0 aliphatic rings. The van der Waals surface area contributed by atoms with Crippen LogP contribution in [0.15, 0.2) is 18.2 Å². The summed E-state index contributed by atoms with van der Waals surface area (Å²) in [7, 11) is 0. The average Bonchev–Trinajstić information content (AvgIpc) is 2.14. The molecule has 15 heavy (non-hydrogen) atoms. The first-order valence-corrected chi connectivity index (χ1v) is 5.09. The van der Waals surface area contributed by atoms with Gasteiger partial charge in [0.2, 0.25) is 0 Å². The molecule has 0 saturated carbocycles. The predicted molar refractivity (Wildman–Crippen MR) is 60.2 cm³/mol. The van der Waals surface area contributed by atoms with Crippen LogP contribution < -0.4 is 10.5 Å². The van der Waals surface area contributed by atoms with Crippen LogP contribution in [0.5, 0.6) is 5.75 Å². The van der Waals surface area contributed by atoms with E-state index in [-0.39, 0.29) is 19.1 Å². The molecule has 80 valence electrons. The lowest BCUT2D eigenvalue weighted by atomic mass is 10.2. The molecule has 0 fully saturated rings. The van der Waals surface area contributed by atoms with Crippen molar-refractivity contribution in [2.75, 3.05) is 6.61 Å². The van der Waals surface area contributed by atoms with E-state index in [0.717, 1.165) is 0 Å². The molecule has 0 heterocycles. The molecule has 1 aromatic carbocycles. The number of nitriles is 1. The zero-order valence-corrected chi connectivity index (χ0v) is 9.42. The number of nitrogens with zero attached hydrogens (tertiary/aromatic N) is 1. The molecule has 1 atom stereocenters. The second kappa shape index (κ2) is 5.82. The van der Waals surface area contributed by atoms with Crippen molar-refractivity contribution in [3.63, 3.8) is 0 Å². The predicted octanol–water partition coefficient (Wildman–Crippen LogP) is 2.61. The Hall–Kier alpha value is -0.950. The maximum absolute atomic E-state index is 8.39. The number of halogens is 2. The number of nitrogens with two attached hydrogens (primary N) is 1. The molecule has 0 bridgehead atoms. The molecule has 0 aromatic heterocycles. The van der Waals surface area contributed by atoms with E-state index in [1.165, 1.54) is 0 Å². The lowest BCUT2D eigenvalue weighted by molar-refractivity contribution is 0.290. The Morgan fingerprint density at radius 3 is 2.47 bits per heavy atom. The third-order valence-corrected chi connectivity index (χ3v) is 2.09. The second-order valence-electron chi connectivity index (χ2n) is 3.04. The Labute approximate surface area is 98.3 Å². The summed E-state index contributed by atoms with van der Waals surface area (Å²) in [6.45, 7) is 0.268. The largest absolute Gasteiger partial charge is 0.492 e. The van der Waals surface area contributed by atoms with Gasteiger partial charge in [-0.3, -0.25) is 0 Å². The minimum Gasteiger partial charge on any atom is -0.492 e. The number of hydrogen-bond acceptors (Lipinski definition) is 3. The maximum Gasteiger partial charge on any atom is 0.122 e. The fraction of sp³-hybridized carbons (Fsp3) is 0.300. The van der Waals surface area contributed by atoms with Gasteiger partial charge in [0.1, 0.15) is 12.4 Å². The van der Waals surface area contributed by atoms with Crippen molar-refractivity contribution in [2.45, 2.75) is 12.5 Å². The van der Waals surface area contributed by atoms with Crippen LogP contribution in [0.1, 0.15) is 6.42 Å². The van der Waals surface area contributed by atoms with Gasteiger partial charge in [-0.2, -0.15) is 5.26 Å². The van der Waals surface area contributed by atoms with Gasteiger partial charge >= 0.3 is 0 Å². The van der Waals surface area contributed by atoms with E-state index in [4.69, 9.17) is 38.9 Å². The first-order valence-electron chi connectivity index (χ1n) is 4.33. The molecule has 1 rings (SSSR count). The van der Waals surface area contributed by atoms with Crippen LogP contribution in [-0.2, 0) is 0 Å². The van der Waals surface area contributed by atoms with Gasteiger partial charge in [-0.1, -0.05) is 23.2 Å². The van der Waals surface area contributed by atoms with Gasteiger partial charge in [0.15, 0.2) is 0 Å². The smallest absolute Gasteiger partial charge is 0.122 e. The Balaban J connectivity index is 2.54. The highest BCUT2D eigenvalue weighted by molar-refractivity contribution is 6.34. The van der Waals surface area contributed by atoms with Crippen LogP contribution in [0.4, 0.5) is 0 Å². The fourth-order valence-electron chi connectivity index (χ4n) is 0.991. The number of hydrogen-bond donors (Lipinski definition) is 1. The summed E-state index contributed by atoms with van der Waals surface area (Å²) < 4.78 is 5.34. The Bertz CT molecular complexity index is 356. The van der Waals surface area contributed by atoms with Crippen LogP contribution in [0, 0.1) is 11.3 Å². The molecule has 0 saturated heterocycles. The summed E-state index contributed by atoms with van der Waals surface area (Å²) in [6, 6.07) is 6.58.